The zero-order valence-corrected chi connectivity index (χ0v) is 9.39. The summed E-state index contributed by atoms with van der Waals surface area (Å²) in [7, 11) is 0. The van der Waals surface area contributed by atoms with E-state index >= 15 is 0 Å². The lowest BCUT2D eigenvalue weighted by Crippen LogP contribution is -2.11. The minimum atomic E-state index is -4.36. The smallest absolute Gasteiger partial charge is 0.293 e. The second kappa shape index (κ2) is 4.35. The van der Waals surface area contributed by atoms with Crippen LogP contribution in [0.3, 0.4) is 0 Å². The Morgan fingerprint density at radius 3 is 2.07 bits per heavy atom. The fourth-order valence-electron chi connectivity index (χ4n) is 1.05. The van der Waals surface area contributed by atoms with Gasteiger partial charge in [-0.05, 0) is 19.1 Å². The van der Waals surface area contributed by atoms with Gasteiger partial charge in [0.25, 0.3) is 0 Å². The van der Waals surface area contributed by atoms with Crippen LogP contribution in [0.5, 0.6) is 0 Å². The first-order chi connectivity index (χ1) is 6.82. The minimum absolute atomic E-state index is 0.233. The number of alkyl halides is 4. The van der Waals surface area contributed by atoms with Crippen LogP contribution in [0.25, 0.3) is 0 Å². The van der Waals surface area contributed by atoms with E-state index in [1.807, 2.05) is 0 Å². The van der Waals surface area contributed by atoms with Crippen molar-refractivity contribution in [1.29, 1.82) is 0 Å². The fraction of sp³-hybridized carbons (Fsp3) is 0.300. The van der Waals surface area contributed by atoms with Crippen molar-refractivity contribution in [2.24, 2.45) is 0 Å². The van der Waals surface area contributed by atoms with Gasteiger partial charge in [0.2, 0.25) is 0 Å². The van der Waals surface area contributed by atoms with Crippen LogP contribution in [0.4, 0.5) is 13.2 Å². The summed E-state index contributed by atoms with van der Waals surface area (Å²) in [5, 5.41) is 0. The number of benzene rings is 1. The number of ketones is 1. The van der Waals surface area contributed by atoms with E-state index in [9.17, 15) is 18.0 Å². The topological polar surface area (TPSA) is 17.1 Å². The Balaban J connectivity index is 2.96. The van der Waals surface area contributed by atoms with Crippen LogP contribution in [0, 0.1) is 0 Å². The first kappa shape index (κ1) is 12.2. The SMILES string of the molecule is C[C@@H](Br)C(=O)c1ccc(C(F)(F)F)cc1. The molecule has 1 rings (SSSR count). The van der Waals surface area contributed by atoms with E-state index in [1.54, 1.807) is 6.92 Å². The van der Waals surface area contributed by atoms with Crippen molar-refractivity contribution in [1.82, 2.24) is 0 Å². The van der Waals surface area contributed by atoms with Crippen LogP contribution >= 0.6 is 15.9 Å². The van der Waals surface area contributed by atoms with Gasteiger partial charge in [-0.1, -0.05) is 28.1 Å². The summed E-state index contributed by atoms with van der Waals surface area (Å²) in [4.78, 5) is 11.0. The highest BCUT2D eigenvalue weighted by Crippen LogP contribution is 2.29. The van der Waals surface area contributed by atoms with Crippen LogP contribution < -0.4 is 0 Å². The highest BCUT2D eigenvalue weighted by atomic mass is 79.9. The predicted octanol–water partition coefficient (Wildman–Crippen LogP) is 3.67. The Kier molecular flexibility index (Phi) is 3.54. The Bertz CT molecular complexity index is 354. The van der Waals surface area contributed by atoms with E-state index < -0.39 is 16.6 Å². The molecule has 82 valence electrons. The summed E-state index contributed by atoms with van der Waals surface area (Å²) in [6.07, 6.45) is -4.36. The van der Waals surface area contributed by atoms with Crippen molar-refractivity contribution in [2.45, 2.75) is 17.9 Å². The largest absolute Gasteiger partial charge is 0.416 e. The van der Waals surface area contributed by atoms with Crippen LogP contribution in [0.15, 0.2) is 24.3 Å². The molecule has 0 aliphatic heterocycles. The lowest BCUT2D eigenvalue weighted by molar-refractivity contribution is -0.137. The summed E-state index contributed by atoms with van der Waals surface area (Å²) in [6.45, 7) is 1.63. The maximum Gasteiger partial charge on any atom is 0.416 e. The first-order valence-corrected chi connectivity index (χ1v) is 5.09. The van der Waals surface area contributed by atoms with Gasteiger partial charge in [-0.15, -0.1) is 0 Å². The molecule has 1 aromatic carbocycles. The zero-order chi connectivity index (χ0) is 11.6. The summed E-state index contributed by atoms with van der Waals surface area (Å²) in [5.74, 6) is -0.233. The number of hydrogen-bond donors (Lipinski definition) is 0. The van der Waals surface area contributed by atoms with E-state index in [-0.39, 0.29) is 11.3 Å². The molecule has 0 amide bonds. The van der Waals surface area contributed by atoms with Crippen LogP contribution in [0.1, 0.15) is 22.8 Å². The number of carbonyl (C=O) groups excluding carboxylic acids is 1. The molecule has 0 unspecified atom stereocenters. The summed E-state index contributed by atoms with van der Waals surface area (Å²) < 4.78 is 36.6. The van der Waals surface area contributed by atoms with E-state index in [1.165, 1.54) is 12.1 Å². The third-order valence-electron chi connectivity index (χ3n) is 1.86. The molecule has 0 aliphatic rings. The van der Waals surface area contributed by atoms with Crippen LogP contribution in [-0.2, 0) is 6.18 Å². The Hall–Kier alpha value is -0.840. The fourth-order valence-corrected chi connectivity index (χ4v) is 1.32. The molecule has 0 aromatic heterocycles. The third kappa shape index (κ3) is 3.06. The van der Waals surface area contributed by atoms with Gasteiger partial charge in [0, 0.05) is 5.56 Å². The molecule has 0 saturated carbocycles. The van der Waals surface area contributed by atoms with E-state index in [4.69, 9.17) is 0 Å². The standard InChI is InChI=1S/C10H8BrF3O/c1-6(11)9(15)7-2-4-8(5-3-7)10(12,13)14/h2-6H,1H3/t6-/m1/s1. The Morgan fingerprint density at radius 1 is 1.27 bits per heavy atom. The molecule has 0 bridgehead atoms. The Morgan fingerprint density at radius 2 is 1.73 bits per heavy atom. The molecule has 0 heterocycles. The normalized spacial score (nSPS) is 13.7. The highest BCUT2D eigenvalue weighted by molar-refractivity contribution is 9.10. The quantitative estimate of drug-likeness (QED) is 0.597. The van der Waals surface area contributed by atoms with Gasteiger partial charge < -0.3 is 0 Å². The average Bonchev–Trinajstić information content (AvgIpc) is 2.15. The van der Waals surface area contributed by atoms with Crippen molar-refractivity contribution in [3.8, 4) is 0 Å². The number of halogens is 4. The van der Waals surface area contributed by atoms with Crippen molar-refractivity contribution in [3.05, 3.63) is 35.4 Å². The van der Waals surface area contributed by atoms with Gasteiger partial charge >= 0.3 is 6.18 Å². The zero-order valence-electron chi connectivity index (χ0n) is 7.81. The second-order valence-corrected chi connectivity index (χ2v) is 4.43. The molecule has 0 saturated heterocycles. The lowest BCUT2D eigenvalue weighted by atomic mass is 10.1. The van der Waals surface area contributed by atoms with Crippen molar-refractivity contribution < 1.29 is 18.0 Å². The molecular weight excluding hydrogens is 273 g/mol. The van der Waals surface area contributed by atoms with Crippen molar-refractivity contribution in [3.63, 3.8) is 0 Å². The average molecular weight is 281 g/mol. The summed E-state index contributed by atoms with van der Waals surface area (Å²) >= 11 is 3.06. The van der Waals surface area contributed by atoms with Crippen LogP contribution in [-0.4, -0.2) is 10.6 Å². The molecule has 15 heavy (non-hydrogen) atoms. The highest BCUT2D eigenvalue weighted by Gasteiger charge is 2.30. The third-order valence-corrected chi connectivity index (χ3v) is 2.27. The molecule has 0 spiro atoms. The van der Waals surface area contributed by atoms with Gasteiger partial charge in [0.05, 0.1) is 10.4 Å². The minimum Gasteiger partial charge on any atom is -0.293 e. The number of carbonyl (C=O) groups is 1. The van der Waals surface area contributed by atoms with Gasteiger partial charge in [0.1, 0.15) is 0 Å². The van der Waals surface area contributed by atoms with Crippen molar-refractivity contribution >= 4 is 21.7 Å². The number of Topliss-reactive ketones (excluding diaryl/α,β-unsaturated/α-hetero) is 1. The molecule has 1 aromatic rings. The second-order valence-electron chi connectivity index (χ2n) is 3.06. The van der Waals surface area contributed by atoms with Gasteiger partial charge in [-0.2, -0.15) is 13.2 Å². The molecule has 5 heteroatoms. The van der Waals surface area contributed by atoms with E-state index in [2.05, 4.69) is 15.9 Å². The van der Waals surface area contributed by atoms with Crippen LogP contribution in [0.2, 0.25) is 0 Å². The molecule has 0 aliphatic carbocycles. The molecule has 0 fully saturated rings. The monoisotopic (exact) mass is 280 g/mol. The van der Waals surface area contributed by atoms with E-state index in [0.717, 1.165) is 12.1 Å². The molecular formula is C10H8BrF3O. The van der Waals surface area contributed by atoms with Gasteiger partial charge in [0.15, 0.2) is 5.78 Å². The number of rotatable bonds is 2. The molecule has 0 radical (unpaired) electrons. The van der Waals surface area contributed by atoms with Crippen molar-refractivity contribution in [2.75, 3.05) is 0 Å². The summed E-state index contributed by atoms with van der Waals surface area (Å²) in [5.41, 5.74) is -0.478. The maximum absolute atomic E-state index is 12.2. The number of hydrogen-bond acceptors (Lipinski definition) is 1. The first-order valence-electron chi connectivity index (χ1n) is 4.18. The molecule has 1 nitrogen and oxygen atoms in total. The maximum atomic E-state index is 12.2. The Labute approximate surface area is 93.4 Å². The van der Waals surface area contributed by atoms with Gasteiger partial charge in [-0.3, -0.25) is 4.79 Å². The van der Waals surface area contributed by atoms with E-state index in [0.29, 0.717) is 0 Å². The molecule has 0 N–H and O–H groups in total. The molecule has 1 atom stereocenters. The predicted molar refractivity (Wildman–Crippen MR) is 54.2 cm³/mol. The summed E-state index contributed by atoms with van der Waals surface area (Å²) in [6, 6.07) is 4.18. The van der Waals surface area contributed by atoms with Gasteiger partial charge in [-0.25, -0.2) is 0 Å². The lowest BCUT2D eigenvalue weighted by Gasteiger charge is -2.07.